The van der Waals surface area contributed by atoms with E-state index >= 15 is 0 Å². The lowest BCUT2D eigenvalue weighted by molar-refractivity contribution is 0.422. The van der Waals surface area contributed by atoms with Crippen LogP contribution in [0.3, 0.4) is 0 Å². The average molecular weight is 553 g/mol. The Morgan fingerprint density at radius 1 is 0.667 bits per heavy atom. The highest BCUT2D eigenvalue weighted by Crippen LogP contribution is 2.51. The molecule has 2 nitrogen and oxygen atoms in total. The number of phenolic OH excluding ortho intramolecular Hbond substituents is 1. The van der Waals surface area contributed by atoms with Crippen LogP contribution in [0.2, 0.25) is 20.1 Å². The molecule has 1 aliphatic rings. The van der Waals surface area contributed by atoms with E-state index in [0.29, 0.717) is 18.6 Å². The van der Waals surface area contributed by atoms with Crippen LogP contribution in [0, 0.1) is 6.08 Å². The fourth-order valence-corrected chi connectivity index (χ4v) is 5.07. The van der Waals surface area contributed by atoms with Crippen LogP contribution in [-0.2, 0) is 12.8 Å². The Labute approximate surface area is 230 Å². The molecule has 0 heterocycles. The van der Waals surface area contributed by atoms with Crippen molar-refractivity contribution in [3.63, 3.8) is 0 Å². The maximum absolute atomic E-state index is 10.8. The average Bonchev–Trinajstić information content (AvgIpc) is 2.92. The Balaban J connectivity index is 1.76. The summed E-state index contributed by atoms with van der Waals surface area (Å²) >= 11 is 25.2. The molecule has 4 aromatic carbocycles. The number of hydrogen-bond acceptors (Lipinski definition) is 2. The van der Waals surface area contributed by atoms with Crippen LogP contribution in [-0.4, -0.2) is 5.11 Å². The van der Waals surface area contributed by atoms with Gasteiger partial charge in [0.2, 0.25) is 0 Å². The molecule has 179 valence electrons. The van der Waals surface area contributed by atoms with Gasteiger partial charge in [0.05, 0.1) is 10.0 Å². The number of benzene rings is 4. The van der Waals surface area contributed by atoms with E-state index in [4.69, 9.17) is 51.1 Å². The van der Waals surface area contributed by atoms with E-state index in [1.807, 2.05) is 72.8 Å². The molecule has 36 heavy (non-hydrogen) atoms. The number of phenols is 1. The van der Waals surface area contributed by atoms with Crippen LogP contribution < -0.4 is 4.74 Å². The summed E-state index contributed by atoms with van der Waals surface area (Å²) in [4.78, 5) is 0. The van der Waals surface area contributed by atoms with Crippen LogP contribution in [0.5, 0.6) is 11.5 Å². The van der Waals surface area contributed by atoms with Crippen molar-refractivity contribution in [3.05, 3.63) is 144 Å². The van der Waals surface area contributed by atoms with Crippen molar-refractivity contribution in [3.8, 4) is 11.5 Å². The number of halogens is 4. The standard InChI is InChI=1S/C30H19Cl4O2/c31-24-25(32)27(34)30(28(35)26(24)33)36-29(19-11-5-2-6-12-19)23-17-21-14-8-7-13-20(21)16-22(23)15-18-9-3-1-4-10-18/h1-14,35H,16-17H2/b22-15?,29-23-. The van der Waals surface area contributed by atoms with Crippen molar-refractivity contribution >= 4 is 52.2 Å². The lowest BCUT2D eigenvalue weighted by atomic mass is 9.82. The highest BCUT2D eigenvalue weighted by molar-refractivity contribution is 6.53. The minimum atomic E-state index is -0.376. The third-order valence-electron chi connectivity index (χ3n) is 6.00. The zero-order chi connectivity index (χ0) is 25.2. The molecule has 5 rings (SSSR count). The van der Waals surface area contributed by atoms with Crippen molar-refractivity contribution in [1.29, 1.82) is 0 Å². The fourth-order valence-electron chi connectivity index (χ4n) is 4.21. The number of allylic oxidation sites excluding steroid dienone is 2. The van der Waals surface area contributed by atoms with Gasteiger partial charge in [0.1, 0.15) is 15.8 Å². The molecule has 1 N–H and O–H groups in total. The SMILES string of the molecule is Oc1c(Cl)c(Cl)c(Cl)c(Cl)c1O/C(=C1/Cc2ccccc2CC1=[C]c1ccccc1)c1ccccc1. The Kier molecular flexibility index (Phi) is 7.32. The summed E-state index contributed by atoms with van der Waals surface area (Å²) in [5, 5.41) is 10.6. The van der Waals surface area contributed by atoms with Crippen LogP contribution in [0.4, 0.5) is 0 Å². The summed E-state index contributed by atoms with van der Waals surface area (Å²) in [6.45, 7) is 0. The Hall–Kier alpha value is -2.88. The number of aromatic hydroxyl groups is 1. The van der Waals surface area contributed by atoms with Gasteiger partial charge in [-0.25, -0.2) is 0 Å². The molecule has 4 aromatic rings. The zero-order valence-corrected chi connectivity index (χ0v) is 21.9. The highest BCUT2D eigenvalue weighted by atomic mass is 35.5. The van der Waals surface area contributed by atoms with E-state index in [1.54, 1.807) is 0 Å². The summed E-state index contributed by atoms with van der Waals surface area (Å²) < 4.78 is 6.41. The van der Waals surface area contributed by atoms with E-state index in [2.05, 4.69) is 18.2 Å². The second kappa shape index (κ2) is 10.6. The normalized spacial score (nSPS) is 15.5. The second-order valence-electron chi connectivity index (χ2n) is 8.30. The van der Waals surface area contributed by atoms with Crippen molar-refractivity contribution in [2.24, 2.45) is 0 Å². The van der Waals surface area contributed by atoms with Gasteiger partial charge in [0, 0.05) is 17.6 Å². The van der Waals surface area contributed by atoms with Crippen molar-refractivity contribution in [2.45, 2.75) is 12.8 Å². The van der Waals surface area contributed by atoms with E-state index in [-0.39, 0.29) is 31.6 Å². The molecule has 0 saturated heterocycles. The number of ether oxygens (including phenoxy) is 1. The van der Waals surface area contributed by atoms with Crippen LogP contribution in [0.25, 0.3) is 5.76 Å². The van der Waals surface area contributed by atoms with Gasteiger partial charge in [-0.05, 0) is 34.8 Å². The molecule has 1 radical (unpaired) electrons. The topological polar surface area (TPSA) is 29.5 Å². The van der Waals surface area contributed by atoms with Gasteiger partial charge in [0.15, 0.2) is 11.5 Å². The second-order valence-corrected chi connectivity index (χ2v) is 9.81. The maximum Gasteiger partial charge on any atom is 0.190 e. The van der Waals surface area contributed by atoms with Gasteiger partial charge in [-0.2, -0.15) is 0 Å². The number of hydrogen-bond donors (Lipinski definition) is 1. The summed E-state index contributed by atoms with van der Waals surface area (Å²) in [6, 6.07) is 27.9. The monoisotopic (exact) mass is 551 g/mol. The number of fused-ring (bicyclic) bond motifs is 1. The Morgan fingerprint density at radius 3 is 1.89 bits per heavy atom. The molecule has 6 heteroatoms. The van der Waals surface area contributed by atoms with E-state index in [1.165, 1.54) is 11.1 Å². The molecule has 0 amide bonds. The van der Waals surface area contributed by atoms with E-state index in [9.17, 15) is 5.11 Å². The van der Waals surface area contributed by atoms with E-state index < -0.39 is 0 Å². The van der Waals surface area contributed by atoms with Gasteiger partial charge >= 0.3 is 0 Å². The molecule has 0 aromatic heterocycles. The van der Waals surface area contributed by atoms with Crippen molar-refractivity contribution in [2.75, 3.05) is 0 Å². The van der Waals surface area contributed by atoms with Gasteiger partial charge in [-0.15, -0.1) is 0 Å². The maximum atomic E-state index is 10.8. The summed E-state index contributed by atoms with van der Waals surface area (Å²) in [5.74, 6) is 0.0920. The van der Waals surface area contributed by atoms with Gasteiger partial charge < -0.3 is 9.84 Å². The first-order valence-corrected chi connectivity index (χ1v) is 12.7. The van der Waals surface area contributed by atoms with Crippen LogP contribution in [0.1, 0.15) is 22.3 Å². The molecular weight excluding hydrogens is 534 g/mol. The molecule has 0 spiro atoms. The molecule has 0 atom stereocenters. The minimum absolute atomic E-state index is 0.00847. The summed E-state index contributed by atoms with van der Waals surface area (Å²) in [5.41, 5.74) is 6.06. The Bertz CT molecular complexity index is 1460. The van der Waals surface area contributed by atoms with Crippen molar-refractivity contribution < 1.29 is 9.84 Å². The Morgan fingerprint density at radius 2 is 1.22 bits per heavy atom. The molecule has 0 aliphatic heterocycles. The highest BCUT2D eigenvalue weighted by Gasteiger charge is 2.27. The molecule has 0 bridgehead atoms. The summed E-state index contributed by atoms with van der Waals surface area (Å²) in [7, 11) is 0. The fraction of sp³-hybridized carbons (Fsp3) is 0.0667. The van der Waals surface area contributed by atoms with Crippen molar-refractivity contribution in [1.82, 2.24) is 0 Å². The number of rotatable bonds is 4. The molecule has 0 unspecified atom stereocenters. The smallest absolute Gasteiger partial charge is 0.190 e. The summed E-state index contributed by atoms with van der Waals surface area (Å²) in [6.07, 6.45) is 4.85. The predicted octanol–water partition coefficient (Wildman–Crippen LogP) is 9.37. The third kappa shape index (κ3) is 4.87. The van der Waals surface area contributed by atoms with Crippen LogP contribution >= 0.6 is 46.4 Å². The van der Waals surface area contributed by atoms with Gasteiger partial charge in [-0.3, -0.25) is 0 Å². The lowest BCUT2D eigenvalue weighted by Crippen LogP contribution is -2.14. The molecule has 0 saturated carbocycles. The first kappa shape index (κ1) is 24.8. The first-order chi connectivity index (χ1) is 17.4. The minimum Gasteiger partial charge on any atom is -0.503 e. The van der Waals surface area contributed by atoms with Gasteiger partial charge in [0.25, 0.3) is 0 Å². The third-order valence-corrected chi connectivity index (χ3v) is 7.78. The van der Waals surface area contributed by atoms with E-state index in [0.717, 1.165) is 22.3 Å². The first-order valence-electron chi connectivity index (χ1n) is 11.2. The quantitative estimate of drug-likeness (QED) is 0.155. The molecular formula is C30H19Cl4O2. The predicted molar refractivity (Wildman–Crippen MR) is 148 cm³/mol. The zero-order valence-electron chi connectivity index (χ0n) is 18.9. The van der Waals surface area contributed by atoms with Crippen LogP contribution in [0.15, 0.2) is 96.1 Å². The lowest BCUT2D eigenvalue weighted by Gasteiger charge is -2.26. The molecule has 0 fully saturated rings. The van der Waals surface area contributed by atoms with Gasteiger partial charge in [-0.1, -0.05) is 131 Å². The largest absolute Gasteiger partial charge is 0.503 e. The molecule has 1 aliphatic carbocycles.